The maximum absolute atomic E-state index is 13.2. The first-order chi connectivity index (χ1) is 13.8. The number of likely N-dealkylation sites (tertiary alicyclic amines) is 1. The lowest BCUT2D eigenvalue weighted by Gasteiger charge is -2.39. The zero-order valence-corrected chi connectivity index (χ0v) is 19.1. The third-order valence-corrected chi connectivity index (χ3v) is 7.50. The molecule has 0 aromatic heterocycles. The van der Waals surface area contributed by atoms with Crippen LogP contribution < -0.4 is 4.72 Å². The van der Waals surface area contributed by atoms with Gasteiger partial charge in [0.05, 0.1) is 10.9 Å². The summed E-state index contributed by atoms with van der Waals surface area (Å²) in [5.41, 5.74) is 0.777. The number of benzene rings is 2. The Kier molecular flexibility index (Phi) is 7.14. The third-order valence-electron chi connectivity index (χ3n) is 5.48. The number of hydrogen-bond donors (Lipinski definition) is 1. The summed E-state index contributed by atoms with van der Waals surface area (Å²) in [7, 11) is -3.77. The average Bonchev–Trinajstić information content (AvgIpc) is 2.68. The van der Waals surface area contributed by atoms with Crippen LogP contribution in [0.25, 0.3) is 0 Å². The number of rotatable bonds is 6. The molecule has 1 amide bonds. The minimum Gasteiger partial charge on any atom is -0.337 e. The monoisotopic (exact) mass is 478 g/mol. The van der Waals surface area contributed by atoms with Gasteiger partial charge >= 0.3 is 0 Å². The van der Waals surface area contributed by atoms with Crippen LogP contribution in [0.3, 0.4) is 0 Å². The van der Waals surface area contributed by atoms with Crippen molar-refractivity contribution in [3.63, 3.8) is 0 Å². The lowest BCUT2D eigenvalue weighted by Crippen LogP contribution is -2.48. The van der Waals surface area contributed by atoms with Gasteiger partial charge in [-0.25, -0.2) is 13.1 Å². The van der Waals surface area contributed by atoms with E-state index in [1.807, 2.05) is 35.2 Å². The second kappa shape index (κ2) is 9.41. The van der Waals surface area contributed by atoms with Crippen molar-refractivity contribution in [1.29, 1.82) is 0 Å². The summed E-state index contributed by atoms with van der Waals surface area (Å²) >= 11 is 3.32. The molecular formula is C22H27BrN2O3S. The summed E-state index contributed by atoms with van der Waals surface area (Å²) in [5.74, 6) is -0.0166. The number of carbonyl (C=O) groups excluding carboxylic acids is 1. The molecular weight excluding hydrogens is 452 g/mol. The highest BCUT2D eigenvalue weighted by Crippen LogP contribution is 2.27. The Balaban J connectivity index is 1.85. The predicted molar refractivity (Wildman–Crippen MR) is 118 cm³/mol. The summed E-state index contributed by atoms with van der Waals surface area (Å²) in [5, 5.41) is 0. The molecule has 1 aliphatic rings. The Bertz CT molecular complexity index is 922. The second-order valence-electron chi connectivity index (χ2n) is 7.67. The van der Waals surface area contributed by atoms with Gasteiger partial charge in [0.15, 0.2) is 0 Å². The maximum Gasteiger partial charge on any atom is 0.241 e. The Morgan fingerprint density at radius 1 is 1.07 bits per heavy atom. The molecule has 2 aromatic carbocycles. The molecule has 1 heterocycles. The fraction of sp³-hybridized carbons (Fsp3) is 0.409. The molecule has 1 saturated heterocycles. The quantitative estimate of drug-likeness (QED) is 0.656. The molecule has 0 aliphatic carbocycles. The Morgan fingerprint density at radius 3 is 2.24 bits per heavy atom. The second-order valence-corrected chi connectivity index (χ2v) is 10.3. The van der Waals surface area contributed by atoms with Crippen molar-refractivity contribution in [1.82, 2.24) is 9.62 Å². The van der Waals surface area contributed by atoms with Gasteiger partial charge in [0.25, 0.3) is 0 Å². The summed E-state index contributed by atoms with van der Waals surface area (Å²) in [6, 6.07) is 15.5. The number of amides is 1. The van der Waals surface area contributed by atoms with Gasteiger partial charge < -0.3 is 4.90 Å². The van der Waals surface area contributed by atoms with E-state index in [1.165, 1.54) is 0 Å². The van der Waals surface area contributed by atoms with Crippen LogP contribution in [-0.2, 0) is 14.8 Å². The number of halogens is 1. The standard InChI is InChI=1S/C22H27BrN2O3S/c1-16-7-6-8-17(2)25(16)22(26)15-21(18-9-4-3-5-10-18)24-29(27,28)20-13-11-19(23)12-14-20/h3-5,9-14,16-17,21,24H,6-8,15H2,1-2H3. The van der Waals surface area contributed by atoms with Crippen LogP contribution in [0.1, 0.15) is 51.1 Å². The highest BCUT2D eigenvalue weighted by molar-refractivity contribution is 9.10. The molecule has 156 valence electrons. The lowest BCUT2D eigenvalue weighted by molar-refractivity contribution is -0.137. The van der Waals surface area contributed by atoms with E-state index in [-0.39, 0.29) is 29.3 Å². The molecule has 5 nitrogen and oxygen atoms in total. The molecule has 1 N–H and O–H groups in total. The molecule has 3 unspecified atom stereocenters. The molecule has 0 saturated carbocycles. The molecule has 1 aliphatic heterocycles. The van der Waals surface area contributed by atoms with Gasteiger partial charge in [-0.2, -0.15) is 0 Å². The van der Waals surface area contributed by atoms with Crippen LogP contribution >= 0.6 is 15.9 Å². The molecule has 1 fully saturated rings. The molecule has 7 heteroatoms. The van der Waals surface area contributed by atoms with Gasteiger partial charge in [0.2, 0.25) is 15.9 Å². The number of piperidine rings is 1. The Hall–Kier alpha value is -1.70. The summed E-state index contributed by atoms with van der Waals surface area (Å²) < 4.78 is 29.5. The fourth-order valence-corrected chi connectivity index (χ4v) is 5.46. The zero-order valence-electron chi connectivity index (χ0n) is 16.7. The first kappa shape index (κ1) is 22.0. The number of carbonyl (C=O) groups is 1. The SMILES string of the molecule is CC1CCCC(C)N1C(=O)CC(NS(=O)(=O)c1ccc(Br)cc1)c1ccccc1. The van der Waals surface area contributed by atoms with Crippen molar-refractivity contribution in [3.05, 3.63) is 64.6 Å². The van der Waals surface area contributed by atoms with Crippen molar-refractivity contribution in [2.75, 3.05) is 0 Å². The van der Waals surface area contributed by atoms with E-state index in [0.717, 1.165) is 29.3 Å². The minimum absolute atomic E-state index is 0.0166. The molecule has 3 atom stereocenters. The van der Waals surface area contributed by atoms with Crippen molar-refractivity contribution < 1.29 is 13.2 Å². The fourth-order valence-electron chi connectivity index (χ4n) is 3.97. The number of sulfonamides is 1. The largest absolute Gasteiger partial charge is 0.337 e. The Morgan fingerprint density at radius 2 is 1.66 bits per heavy atom. The van der Waals surface area contributed by atoms with E-state index in [2.05, 4.69) is 34.5 Å². The third kappa shape index (κ3) is 5.47. The molecule has 0 spiro atoms. The Labute approximate surface area is 181 Å². The van der Waals surface area contributed by atoms with Crippen LogP contribution in [-0.4, -0.2) is 31.3 Å². The molecule has 0 radical (unpaired) electrons. The first-order valence-corrected chi connectivity index (χ1v) is 12.2. The smallest absolute Gasteiger partial charge is 0.241 e. The van der Waals surface area contributed by atoms with Crippen LogP contribution in [0.4, 0.5) is 0 Å². The van der Waals surface area contributed by atoms with Crippen molar-refractivity contribution >= 4 is 31.9 Å². The van der Waals surface area contributed by atoms with E-state index in [9.17, 15) is 13.2 Å². The summed E-state index contributed by atoms with van der Waals surface area (Å²) in [6.45, 7) is 4.13. The molecule has 0 bridgehead atoms. The van der Waals surface area contributed by atoms with E-state index >= 15 is 0 Å². The molecule has 2 aromatic rings. The van der Waals surface area contributed by atoms with Gasteiger partial charge in [-0.3, -0.25) is 4.79 Å². The van der Waals surface area contributed by atoms with E-state index < -0.39 is 16.1 Å². The van der Waals surface area contributed by atoms with Crippen molar-refractivity contribution in [2.45, 2.75) is 62.6 Å². The first-order valence-electron chi connectivity index (χ1n) is 9.92. The van der Waals surface area contributed by atoms with Gasteiger partial charge in [0, 0.05) is 23.0 Å². The van der Waals surface area contributed by atoms with E-state index in [0.29, 0.717) is 0 Å². The zero-order chi connectivity index (χ0) is 21.0. The van der Waals surface area contributed by atoms with Crippen molar-refractivity contribution in [2.24, 2.45) is 0 Å². The van der Waals surface area contributed by atoms with Crippen molar-refractivity contribution in [3.8, 4) is 0 Å². The van der Waals surface area contributed by atoms with Gasteiger partial charge in [0.1, 0.15) is 0 Å². The normalized spacial score (nSPS) is 21.0. The molecule has 29 heavy (non-hydrogen) atoms. The summed E-state index contributed by atoms with van der Waals surface area (Å²) in [6.07, 6.45) is 3.17. The highest BCUT2D eigenvalue weighted by Gasteiger charge is 2.32. The molecule has 3 rings (SSSR count). The van der Waals surface area contributed by atoms with Gasteiger partial charge in [-0.1, -0.05) is 46.3 Å². The minimum atomic E-state index is -3.77. The van der Waals surface area contributed by atoms with Gasteiger partial charge in [-0.05, 0) is 62.9 Å². The highest BCUT2D eigenvalue weighted by atomic mass is 79.9. The van der Waals surface area contributed by atoms with Crippen LogP contribution in [0.2, 0.25) is 0 Å². The predicted octanol–water partition coefficient (Wildman–Crippen LogP) is 4.65. The number of nitrogens with one attached hydrogen (secondary N) is 1. The van der Waals surface area contributed by atoms with Crippen LogP contribution in [0, 0.1) is 0 Å². The van der Waals surface area contributed by atoms with Crippen LogP contribution in [0.5, 0.6) is 0 Å². The topological polar surface area (TPSA) is 66.5 Å². The van der Waals surface area contributed by atoms with E-state index in [4.69, 9.17) is 0 Å². The number of hydrogen-bond acceptors (Lipinski definition) is 3. The van der Waals surface area contributed by atoms with E-state index in [1.54, 1.807) is 24.3 Å². The van der Waals surface area contributed by atoms with Crippen LogP contribution in [0.15, 0.2) is 64.0 Å². The maximum atomic E-state index is 13.2. The average molecular weight is 479 g/mol. The van der Waals surface area contributed by atoms with Gasteiger partial charge in [-0.15, -0.1) is 0 Å². The number of nitrogens with zero attached hydrogens (tertiary/aromatic N) is 1. The lowest BCUT2D eigenvalue weighted by atomic mass is 9.95. The summed E-state index contributed by atoms with van der Waals surface area (Å²) in [4.78, 5) is 15.3.